The number of carbonyl (C=O) groups excluding carboxylic acids is 2. The second-order valence-corrected chi connectivity index (χ2v) is 5.39. The van der Waals surface area contributed by atoms with E-state index in [4.69, 9.17) is 0 Å². The summed E-state index contributed by atoms with van der Waals surface area (Å²) in [4.78, 5) is 25.0. The summed E-state index contributed by atoms with van der Waals surface area (Å²) in [5.41, 5.74) is 0. The van der Waals surface area contributed by atoms with Crippen LogP contribution in [0.4, 0.5) is 0 Å². The van der Waals surface area contributed by atoms with Crippen molar-refractivity contribution in [1.82, 2.24) is 15.5 Å². The molecule has 0 aromatic rings. The highest BCUT2D eigenvalue weighted by molar-refractivity contribution is 5.84. The highest BCUT2D eigenvalue weighted by atomic mass is 16.2. The maximum atomic E-state index is 12.0. The van der Waals surface area contributed by atoms with Crippen molar-refractivity contribution in [3.05, 3.63) is 0 Å². The number of carbonyl (C=O) groups is 2. The molecule has 0 bridgehead atoms. The Bertz CT molecular complexity index is 286. The van der Waals surface area contributed by atoms with E-state index in [0.29, 0.717) is 12.3 Å². The van der Waals surface area contributed by atoms with Crippen LogP contribution in [0.25, 0.3) is 0 Å². The van der Waals surface area contributed by atoms with Crippen LogP contribution in [0, 0.1) is 5.92 Å². The zero-order valence-electron chi connectivity index (χ0n) is 11.7. The highest BCUT2D eigenvalue weighted by Crippen LogP contribution is 2.14. The lowest BCUT2D eigenvalue weighted by Gasteiger charge is -2.25. The molecule has 5 heteroatoms. The molecule has 1 fully saturated rings. The lowest BCUT2D eigenvalue weighted by Crippen LogP contribution is -2.42. The van der Waals surface area contributed by atoms with Gasteiger partial charge in [-0.3, -0.25) is 9.59 Å². The van der Waals surface area contributed by atoms with Gasteiger partial charge in [-0.2, -0.15) is 0 Å². The van der Waals surface area contributed by atoms with Crippen LogP contribution in [0.15, 0.2) is 0 Å². The minimum Gasteiger partial charge on any atom is -0.352 e. The molecule has 1 heterocycles. The second kappa shape index (κ2) is 7.36. The van der Waals surface area contributed by atoms with Gasteiger partial charge in [0.2, 0.25) is 11.8 Å². The lowest BCUT2D eigenvalue weighted by atomic mass is 9.96. The summed E-state index contributed by atoms with van der Waals surface area (Å²) in [5.74, 6) is 0.382. The van der Waals surface area contributed by atoms with E-state index in [1.54, 1.807) is 7.05 Å². The highest BCUT2D eigenvalue weighted by Gasteiger charge is 2.20. The first-order chi connectivity index (χ1) is 8.49. The van der Waals surface area contributed by atoms with Gasteiger partial charge in [0, 0.05) is 19.5 Å². The average Bonchev–Trinajstić information content (AvgIpc) is 2.28. The lowest BCUT2D eigenvalue weighted by molar-refractivity contribution is -0.135. The molecule has 0 aliphatic carbocycles. The van der Waals surface area contributed by atoms with Gasteiger partial charge < -0.3 is 15.5 Å². The van der Waals surface area contributed by atoms with Gasteiger partial charge in [-0.25, -0.2) is 0 Å². The van der Waals surface area contributed by atoms with Crippen molar-refractivity contribution in [2.24, 2.45) is 5.92 Å². The van der Waals surface area contributed by atoms with Crippen LogP contribution in [0.2, 0.25) is 0 Å². The molecule has 0 aromatic heterocycles. The largest absolute Gasteiger partial charge is 0.352 e. The van der Waals surface area contributed by atoms with Gasteiger partial charge in [0.25, 0.3) is 0 Å². The number of nitrogens with one attached hydrogen (secondary N) is 2. The molecule has 104 valence electrons. The van der Waals surface area contributed by atoms with Crippen LogP contribution in [0.5, 0.6) is 0 Å². The van der Waals surface area contributed by atoms with Crippen LogP contribution in [-0.2, 0) is 9.59 Å². The summed E-state index contributed by atoms with van der Waals surface area (Å²) < 4.78 is 0. The van der Waals surface area contributed by atoms with Crippen molar-refractivity contribution in [2.45, 2.75) is 39.2 Å². The zero-order valence-corrected chi connectivity index (χ0v) is 11.7. The predicted molar refractivity (Wildman–Crippen MR) is 71.1 cm³/mol. The van der Waals surface area contributed by atoms with E-state index in [1.807, 2.05) is 13.8 Å². The summed E-state index contributed by atoms with van der Waals surface area (Å²) in [5, 5.41) is 6.08. The van der Waals surface area contributed by atoms with Gasteiger partial charge in [0.1, 0.15) is 0 Å². The summed E-state index contributed by atoms with van der Waals surface area (Å²) in [7, 11) is 1.69. The van der Waals surface area contributed by atoms with E-state index < -0.39 is 0 Å². The fourth-order valence-corrected chi connectivity index (χ4v) is 2.17. The molecule has 0 aromatic carbocycles. The Morgan fingerprint density at radius 1 is 1.44 bits per heavy atom. The van der Waals surface area contributed by atoms with E-state index >= 15 is 0 Å². The molecule has 0 saturated carbocycles. The molecule has 18 heavy (non-hydrogen) atoms. The SMILES string of the molecule is CC(C)NC(=O)CN(C)C(=O)CC1CCCNC1. The molecule has 2 amide bonds. The van der Waals surface area contributed by atoms with Gasteiger partial charge in [0.05, 0.1) is 6.54 Å². The molecule has 5 nitrogen and oxygen atoms in total. The third kappa shape index (κ3) is 5.49. The Labute approximate surface area is 109 Å². The molecular weight excluding hydrogens is 230 g/mol. The summed E-state index contributed by atoms with van der Waals surface area (Å²) in [6.45, 7) is 5.94. The average molecular weight is 255 g/mol. The maximum absolute atomic E-state index is 12.0. The number of hydrogen-bond acceptors (Lipinski definition) is 3. The normalized spacial score (nSPS) is 19.7. The van der Waals surface area contributed by atoms with Crippen LogP contribution in [0.3, 0.4) is 0 Å². The molecule has 0 spiro atoms. The molecule has 1 atom stereocenters. The monoisotopic (exact) mass is 255 g/mol. The molecule has 2 N–H and O–H groups in total. The Kier molecular flexibility index (Phi) is 6.12. The number of piperidine rings is 1. The van der Waals surface area contributed by atoms with Gasteiger partial charge in [-0.05, 0) is 45.7 Å². The molecule has 1 unspecified atom stereocenters. The minimum atomic E-state index is -0.0948. The molecular formula is C13H25N3O2. The molecule has 1 aliphatic rings. The number of rotatable bonds is 5. The Hall–Kier alpha value is -1.10. The van der Waals surface area contributed by atoms with Gasteiger partial charge in [-0.15, -0.1) is 0 Å². The Morgan fingerprint density at radius 3 is 2.72 bits per heavy atom. The van der Waals surface area contributed by atoms with Crippen LogP contribution in [-0.4, -0.2) is 49.4 Å². The standard InChI is InChI=1S/C13H25N3O2/c1-10(2)15-12(17)9-16(3)13(18)7-11-5-4-6-14-8-11/h10-11,14H,4-9H2,1-3H3,(H,15,17). The second-order valence-electron chi connectivity index (χ2n) is 5.39. The van der Waals surface area contributed by atoms with E-state index in [-0.39, 0.29) is 24.4 Å². The van der Waals surface area contributed by atoms with Gasteiger partial charge in [-0.1, -0.05) is 0 Å². The van der Waals surface area contributed by atoms with Crippen LogP contribution < -0.4 is 10.6 Å². The molecule has 1 rings (SSSR count). The van der Waals surface area contributed by atoms with Gasteiger partial charge >= 0.3 is 0 Å². The number of likely N-dealkylation sites (N-methyl/N-ethyl adjacent to an activating group) is 1. The maximum Gasteiger partial charge on any atom is 0.239 e. The van der Waals surface area contributed by atoms with Crippen molar-refractivity contribution < 1.29 is 9.59 Å². The quantitative estimate of drug-likeness (QED) is 0.745. The predicted octanol–water partition coefficient (Wildman–Crippen LogP) is 0.359. The van der Waals surface area contributed by atoms with E-state index in [1.165, 1.54) is 4.90 Å². The summed E-state index contributed by atoms with van der Waals surface area (Å²) in [6.07, 6.45) is 2.78. The van der Waals surface area contributed by atoms with E-state index in [9.17, 15) is 9.59 Å². The van der Waals surface area contributed by atoms with Crippen molar-refractivity contribution in [1.29, 1.82) is 0 Å². The van der Waals surface area contributed by atoms with Crippen molar-refractivity contribution >= 4 is 11.8 Å². The van der Waals surface area contributed by atoms with E-state index in [0.717, 1.165) is 25.9 Å². The smallest absolute Gasteiger partial charge is 0.239 e. The number of amides is 2. The number of nitrogens with zero attached hydrogens (tertiary/aromatic N) is 1. The van der Waals surface area contributed by atoms with Crippen LogP contribution in [0.1, 0.15) is 33.1 Å². The first kappa shape index (κ1) is 15.0. The van der Waals surface area contributed by atoms with E-state index in [2.05, 4.69) is 10.6 Å². The van der Waals surface area contributed by atoms with Gasteiger partial charge in [0.15, 0.2) is 0 Å². The molecule has 1 saturated heterocycles. The minimum absolute atomic E-state index is 0.0580. The fraction of sp³-hybridized carbons (Fsp3) is 0.846. The molecule has 0 radical (unpaired) electrons. The molecule has 1 aliphatic heterocycles. The Balaban J connectivity index is 2.29. The first-order valence-electron chi connectivity index (χ1n) is 6.73. The third-order valence-electron chi connectivity index (χ3n) is 3.12. The first-order valence-corrected chi connectivity index (χ1v) is 6.73. The zero-order chi connectivity index (χ0) is 13.5. The van der Waals surface area contributed by atoms with Crippen LogP contribution >= 0.6 is 0 Å². The summed E-state index contributed by atoms with van der Waals surface area (Å²) in [6, 6.07) is 0.114. The third-order valence-corrected chi connectivity index (χ3v) is 3.12. The Morgan fingerprint density at radius 2 is 2.17 bits per heavy atom. The summed E-state index contributed by atoms with van der Waals surface area (Å²) >= 11 is 0. The topological polar surface area (TPSA) is 61.4 Å². The van der Waals surface area contributed by atoms with Crippen molar-refractivity contribution in [2.75, 3.05) is 26.7 Å². The fourth-order valence-electron chi connectivity index (χ4n) is 2.17. The number of hydrogen-bond donors (Lipinski definition) is 2. The van der Waals surface area contributed by atoms with Crippen molar-refractivity contribution in [3.8, 4) is 0 Å². The van der Waals surface area contributed by atoms with Crippen molar-refractivity contribution in [3.63, 3.8) is 0 Å².